The molecular weight excluding hydrogens is 277 g/mol. The predicted molar refractivity (Wildman–Crippen MR) is 74.4 cm³/mol. The summed E-state index contributed by atoms with van der Waals surface area (Å²) < 4.78 is 19.6. The first-order chi connectivity index (χ1) is 10.1. The number of benzene rings is 1. The molecule has 0 aliphatic rings. The van der Waals surface area contributed by atoms with Crippen molar-refractivity contribution in [3.63, 3.8) is 0 Å². The number of rotatable bonds is 6. The molecule has 0 aliphatic carbocycles. The molecule has 2 N–H and O–H groups in total. The quantitative estimate of drug-likeness (QED) is 0.788. The molecule has 6 nitrogen and oxygen atoms in total. The normalized spacial score (nSPS) is 10.4. The van der Waals surface area contributed by atoms with Crippen molar-refractivity contribution in [3.8, 4) is 0 Å². The predicted octanol–water partition coefficient (Wildman–Crippen LogP) is 1.41. The summed E-state index contributed by atoms with van der Waals surface area (Å²) in [7, 11) is 1.27. The van der Waals surface area contributed by atoms with Crippen LogP contribution in [0, 0.1) is 5.82 Å². The van der Waals surface area contributed by atoms with Gasteiger partial charge in [0, 0.05) is 18.3 Å². The Morgan fingerprint density at radius 2 is 2.33 bits per heavy atom. The molecule has 0 radical (unpaired) electrons. The van der Waals surface area contributed by atoms with Gasteiger partial charge in [0.1, 0.15) is 5.82 Å². The maximum Gasteiger partial charge on any atom is 0.339 e. The van der Waals surface area contributed by atoms with E-state index in [4.69, 9.17) is 5.11 Å². The molecule has 0 bridgehead atoms. The van der Waals surface area contributed by atoms with Gasteiger partial charge < -0.3 is 15.2 Å². The van der Waals surface area contributed by atoms with E-state index in [2.05, 4.69) is 15.2 Å². The third-order valence-corrected chi connectivity index (χ3v) is 2.89. The molecule has 0 atom stereocenters. The van der Waals surface area contributed by atoms with Gasteiger partial charge in [0.05, 0.1) is 37.7 Å². The molecule has 0 unspecified atom stereocenters. The number of hydrogen-bond acceptors (Lipinski definition) is 5. The lowest BCUT2D eigenvalue weighted by Crippen LogP contribution is -2.08. The Kier molecular flexibility index (Phi) is 4.89. The third kappa shape index (κ3) is 3.79. The average molecular weight is 293 g/mol. The number of halogens is 1. The second-order valence-electron chi connectivity index (χ2n) is 4.37. The first-order valence-electron chi connectivity index (χ1n) is 6.38. The van der Waals surface area contributed by atoms with Gasteiger partial charge in [-0.05, 0) is 18.2 Å². The second-order valence-corrected chi connectivity index (χ2v) is 4.37. The molecule has 1 aromatic carbocycles. The molecule has 1 aromatic heterocycles. The van der Waals surface area contributed by atoms with Crippen LogP contribution in [0.4, 0.5) is 10.1 Å². The van der Waals surface area contributed by atoms with Crippen LogP contribution in [0.3, 0.4) is 0 Å². The van der Waals surface area contributed by atoms with Crippen molar-refractivity contribution in [2.75, 3.05) is 19.0 Å². The van der Waals surface area contributed by atoms with Crippen molar-refractivity contribution in [2.45, 2.75) is 13.1 Å². The van der Waals surface area contributed by atoms with Crippen molar-refractivity contribution in [2.24, 2.45) is 0 Å². The SMILES string of the molecule is COC(=O)c1ccc(F)cc1NCc1cnn(CCO)c1. The number of aromatic nitrogens is 2. The number of nitrogens with zero attached hydrogens (tertiary/aromatic N) is 2. The second kappa shape index (κ2) is 6.85. The van der Waals surface area contributed by atoms with Gasteiger partial charge in [-0.15, -0.1) is 0 Å². The van der Waals surface area contributed by atoms with Gasteiger partial charge in [-0.25, -0.2) is 9.18 Å². The summed E-state index contributed by atoms with van der Waals surface area (Å²) in [5, 5.41) is 15.9. The molecule has 21 heavy (non-hydrogen) atoms. The Morgan fingerprint density at radius 3 is 3.05 bits per heavy atom. The number of esters is 1. The standard InChI is InChI=1S/C14H16FN3O3/c1-21-14(20)12-3-2-11(15)6-13(12)16-7-10-8-17-18(9-10)4-5-19/h2-3,6,8-9,16,19H,4-5,7H2,1H3. The van der Waals surface area contributed by atoms with E-state index in [0.717, 1.165) is 5.56 Å². The van der Waals surface area contributed by atoms with E-state index in [0.29, 0.717) is 18.8 Å². The summed E-state index contributed by atoms with van der Waals surface area (Å²) in [6, 6.07) is 3.82. The van der Waals surface area contributed by atoms with E-state index in [1.54, 1.807) is 17.1 Å². The van der Waals surface area contributed by atoms with Gasteiger partial charge >= 0.3 is 5.97 Å². The lowest BCUT2D eigenvalue weighted by Gasteiger charge is -2.10. The zero-order chi connectivity index (χ0) is 15.2. The van der Waals surface area contributed by atoms with Crippen LogP contribution in [0.15, 0.2) is 30.6 Å². The Bertz CT molecular complexity index is 628. The Balaban J connectivity index is 2.11. The minimum Gasteiger partial charge on any atom is -0.465 e. The third-order valence-electron chi connectivity index (χ3n) is 2.89. The van der Waals surface area contributed by atoms with Crippen LogP contribution in [0.25, 0.3) is 0 Å². The number of nitrogens with one attached hydrogen (secondary N) is 1. The highest BCUT2D eigenvalue weighted by molar-refractivity contribution is 5.95. The van der Waals surface area contributed by atoms with Crippen molar-refractivity contribution in [3.05, 3.63) is 47.5 Å². The van der Waals surface area contributed by atoms with Crippen LogP contribution in [-0.2, 0) is 17.8 Å². The van der Waals surface area contributed by atoms with Crippen molar-refractivity contribution in [1.82, 2.24) is 9.78 Å². The summed E-state index contributed by atoms with van der Waals surface area (Å²) in [5.74, 6) is -0.977. The zero-order valence-electron chi connectivity index (χ0n) is 11.5. The molecule has 2 rings (SSSR count). The van der Waals surface area contributed by atoms with Gasteiger partial charge in [0.15, 0.2) is 0 Å². The smallest absolute Gasteiger partial charge is 0.339 e. The van der Waals surface area contributed by atoms with Crippen molar-refractivity contribution < 1.29 is 19.0 Å². The molecule has 0 saturated heterocycles. The van der Waals surface area contributed by atoms with Crippen LogP contribution in [0.2, 0.25) is 0 Å². The summed E-state index contributed by atoms with van der Waals surface area (Å²) >= 11 is 0. The van der Waals surface area contributed by atoms with Crippen LogP contribution in [0.1, 0.15) is 15.9 Å². The number of carbonyl (C=O) groups excluding carboxylic acids is 1. The number of aliphatic hydroxyl groups excluding tert-OH is 1. The van der Waals surface area contributed by atoms with E-state index in [1.807, 2.05) is 0 Å². The molecule has 0 spiro atoms. The number of ether oxygens (including phenoxy) is 1. The molecule has 2 aromatic rings. The maximum atomic E-state index is 13.3. The summed E-state index contributed by atoms with van der Waals surface area (Å²) in [6.45, 7) is 0.789. The molecule has 0 saturated carbocycles. The summed E-state index contributed by atoms with van der Waals surface area (Å²) in [5.41, 5.74) is 1.47. The lowest BCUT2D eigenvalue weighted by molar-refractivity contribution is 0.0601. The Morgan fingerprint density at radius 1 is 1.52 bits per heavy atom. The van der Waals surface area contributed by atoms with E-state index >= 15 is 0 Å². The van der Waals surface area contributed by atoms with E-state index in [-0.39, 0.29) is 12.2 Å². The van der Waals surface area contributed by atoms with Crippen LogP contribution < -0.4 is 5.32 Å². The highest BCUT2D eigenvalue weighted by Crippen LogP contribution is 2.19. The first-order valence-corrected chi connectivity index (χ1v) is 6.38. The lowest BCUT2D eigenvalue weighted by atomic mass is 10.1. The van der Waals surface area contributed by atoms with Gasteiger partial charge in [-0.2, -0.15) is 5.10 Å². The van der Waals surface area contributed by atoms with Gasteiger partial charge in [-0.1, -0.05) is 0 Å². The fourth-order valence-electron chi connectivity index (χ4n) is 1.87. The molecule has 0 aliphatic heterocycles. The van der Waals surface area contributed by atoms with Gasteiger partial charge in [0.25, 0.3) is 0 Å². The Hall–Kier alpha value is -2.41. The summed E-state index contributed by atoms with van der Waals surface area (Å²) in [4.78, 5) is 11.6. The van der Waals surface area contributed by atoms with E-state index < -0.39 is 11.8 Å². The number of aliphatic hydroxyl groups is 1. The Labute approximate surface area is 121 Å². The fourth-order valence-corrected chi connectivity index (χ4v) is 1.87. The molecular formula is C14H16FN3O3. The minimum absolute atomic E-state index is 0.00489. The number of hydrogen-bond donors (Lipinski definition) is 2. The molecule has 0 amide bonds. The van der Waals surface area contributed by atoms with E-state index in [1.165, 1.54) is 25.3 Å². The monoisotopic (exact) mass is 293 g/mol. The van der Waals surface area contributed by atoms with Crippen LogP contribution in [0.5, 0.6) is 0 Å². The molecule has 112 valence electrons. The van der Waals surface area contributed by atoms with E-state index in [9.17, 15) is 9.18 Å². The molecule has 1 heterocycles. The fraction of sp³-hybridized carbons (Fsp3) is 0.286. The van der Waals surface area contributed by atoms with Crippen molar-refractivity contribution in [1.29, 1.82) is 0 Å². The number of anilines is 1. The largest absolute Gasteiger partial charge is 0.465 e. The molecule has 7 heteroatoms. The van der Waals surface area contributed by atoms with Crippen LogP contribution >= 0.6 is 0 Å². The topological polar surface area (TPSA) is 76.4 Å². The summed E-state index contributed by atoms with van der Waals surface area (Å²) in [6.07, 6.45) is 3.40. The molecule has 0 fully saturated rings. The maximum absolute atomic E-state index is 13.3. The number of carbonyl (C=O) groups is 1. The first kappa shape index (κ1) is 15.0. The minimum atomic E-state index is -0.534. The average Bonchev–Trinajstić information content (AvgIpc) is 2.92. The van der Waals surface area contributed by atoms with Crippen LogP contribution in [-0.4, -0.2) is 34.6 Å². The number of methoxy groups -OCH3 is 1. The van der Waals surface area contributed by atoms with Gasteiger partial charge in [-0.3, -0.25) is 4.68 Å². The highest BCUT2D eigenvalue weighted by Gasteiger charge is 2.12. The van der Waals surface area contributed by atoms with Gasteiger partial charge in [0.2, 0.25) is 0 Å². The highest BCUT2D eigenvalue weighted by atomic mass is 19.1. The van der Waals surface area contributed by atoms with Crippen molar-refractivity contribution >= 4 is 11.7 Å². The zero-order valence-corrected chi connectivity index (χ0v) is 11.5.